The Kier molecular flexibility index (Phi) is 11.3. The zero-order chi connectivity index (χ0) is 25.0. The summed E-state index contributed by atoms with van der Waals surface area (Å²) in [5.41, 5.74) is 0.157. The summed E-state index contributed by atoms with van der Waals surface area (Å²) in [6, 6.07) is 13.7. The van der Waals surface area contributed by atoms with E-state index in [-0.39, 0.29) is 18.7 Å². The molecule has 6 nitrogen and oxygen atoms in total. The summed E-state index contributed by atoms with van der Waals surface area (Å²) in [5.74, 6) is -1.72. The number of nitrogens with one attached hydrogen (secondary N) is 1. The molecule has 4 rings (SSSR count). The number of likely N-dealkylation sites (tertiary alicyclic amines) is 1. The van der Waals surface area contributed by atoms with Crippen LogP contribution in [0, 0.1) is 11.6 Å². The van der Waals surface area contributed by atoms with E-state index in [2.05, 4.69) is 14.1 Å². The quantitative estimate of drug-likeness (QED) is 0.433. The first kappa shape index (κ1) is 27.6. The van der Waals surface area contributed by atoms with Crippen LogP contribution in [0.5, 0.6) is 0 Å². The van der Waals surface area contributed by atoms with Crippen molar-refractivity contribution in [3.05, 3.63) is 72.1 Å². The van der Waals surface area contributed by atoms with Crippen molar-refractivity contribution in [3.8, 4) is 0 Å². The number of halogens is 5. The normalized spacial score (nSPS) is 13.9. The number of piperidine rings is 1. The third kappa shape index (κ3) is 9.69. The number of hydrogen-bond acceptors (Lipinski definition) is 6. The maximum Gasteiger partial charge on any atom is 0.379 e. The molecule has 13 heteroatoms. The number of hydrogen-bond donors (Lipinski definition) is 1. The minimum Gasteiger partial charge on any atom is -0.299 e. The van der Waals surface area contributed by atoms with Gasteiger partial charge in [0.15, 0.2) is 0 Å². The largest absolute Gasteiger partial charge is 0.379 e. The average molecular weight is 525 g/mol. The molecule has 3 aromatic rings. The van der Waals surface area contributed by atoms with Crippen LogP contribution in [0.2, 0.25) is 0 Å². The molecule has 0 saturated carbocycles. The van der Waals surface area contributed by atoms with Gasteiger partial charge in [0.25, 0.3) is 10.0 Å². The average Bonchev–Trinajstić information content (AvgIpc) is 3.30. The summed E-state index contributed by atoms with van der Waals surface area (Å²) < 4.78 is 87.7. The number of sulfonamides is 1. The molecule has 1 saturated heterocycles. The first-order chi connectivity index (χ1) is 16.2. The predicted molar refractivity (Wildman–Crippen MR) is 122 cm³/mol. The molecule has 1 aliphatic heterocycles. The molecule has 0 bridgehead atoms. The van der Waals surface area contributed by atoms with Gasteiger partial charge in [0.05, 0.1) is 0 Å². The van der Waals surface area contributed by atoms with E-state index in [9.17, 15) is 30.4 Å². The second-order valence-corrected chi connectivity index (χ2v) is 9.40. The van der Waals surface area contributed by atoms with Crippen molar-refractivity contribution in [1.29, 1.82) is 0 Å². The Hall–Kier alpha value is -2.64. The summed E-state index contributed by atoms with van der Waals surface area (Å²) in [5, 5.41) is -0.00722. The summed E-state index contributed by atoms with van der Waals surface area (Å²) in [6.45, 7) is -1.73. The van der Waals surface area contributed by atoms with Crippen LogP contribution in [0.15, 0.2) is 59.8 Å². The lowest BCUT2D eigenvalue weighted by Gasteiger charge is -2.26. The van der Waals surface area contributed by atoms with E-state index < -0.39 is 33.2 Å². The van der Waals surface area contributed by atoms with Crippen molar-refractivity contribution in [1.82, 2.24) is 14.3 Å². The molecule has 1 N–H and O–H groups in total. The molecule has 0 spiro atoms. The highest BCUT2D eigenvalue weighted by Gasteiger charge is 2.24. The van der Waals surface area contributed by atoms with Gasteiger partial charge in [-0.15, -0.1) is 0 Å². The third-order valence-corrected chi connectivity index (χ3v) is 6.55. The first-order valence-electron chi connectivity index (χ1n) is 10.1. The van der Waals surface area contributed by atoms with E-state index in [1.54, 1.807) is 0 Å². The molecule has 1 aromatic heterocycles. The van der Waals surface area contributed by atoms with E-state index >= 15 is 0 Å². The van der Waals surface area contributed by atoms with Crippen LogP contribution < -0.4 is 4.72 Å². The molecule has 0 amide bonds. The lowest BCUT2D eigenvalue weighted by molar-refractivity contribution is 0.00819. The van der Waals surface area contributed by atoms with Gasteiger partial charge in [0.1, 0.15) is 22.9 Å². The number of nitrogens with zero attached hydrogens (tertiary/aromatic N) is 3. The first-order valence-corrected chi connectivity index (χ1v) is 12.4. The molecule has 1 fully saturated rings. The van der Waals surface area contributed by atoms with Crippen molar-refractivity contribution < 1.29 is 31.8 Å². The van der Waals surface area contributed by atoms with E-state index in [4.69, 9.17) is 0 Å². The molecule has 0 aliphatic carbocycles. The number of anilines is 1. The highest BCUT2D eigenvalue weighted by Crippen LogP contribution is 2.24. The van der Waals surface area contributed by atoms with Crippen molar-refractivity contribution in [3.63, 3.8) is 0 Å². The maximum atomic E-state index is 14.3. The molecule has 2 heterocycles. The Balaban J connectivity index is 0.000000467. The highest BCUT2D eigenvalue weighted by atomic mass is 32.2. The number of aromatic nitrogens is 2. The van der Waals surface area contributed by atoms with E-state index in [1.165, 1.54) is 6.33 Å². The van der Waals surface area contributed by atoms with Gasteiger partial charge < -0.3 is 0 Å². The van der Waals surface area contributed by atoms with E-state index in [0.29, 0.717) is 0 Å². The molecule has 0 radical (unpaired) electrons. The molecule has 34 heavy (non-hydrogen) atoms. The lowest BCUT2D eigenvalue weighted by Crippen LogP contribution is -2.29. The molecule has 0 atom stereocenters. The van der Waals surface area contributed by atoms with E-state index in [1.807, 2.05) is 41.3 Å². The van der Waals surface area contributed by atoms with E-state index in [0.717, 1.165) is 56.0 Å². The summed E-state index contributed by atoms with van der Waals surface area (Å²) in [6.07, 6.45) is 4.37. The Morgan fingerprint density at radius 3 is 2.03 bits per heavy atom. The predicted octanol–water partition coefficient (Wildman–Crippen LogP) is 5.71. The van der Waals surface area contributed by atoms with Crippen molar-refractivity contribution in [2.45, 2.75) is 37.4 Å². The molecule has 188 valence electrons. The van der Waals surface area contributed by atoms with Gasteiger partial charge in [0, 0.05) is 25.1 Å². The Morgan fingerprint density at radius 2 is 1.53 bits per heavy atom. The molecule has 1 aliphatic rings. The van der Waals surface area contributed by atoms with Gasteiger partial charge in [-0.2, -0.15) is 17.5 Å². The monoisotopic (exact) mass is 524 g/mol. The Bertz CT molecular complexity index is 1060. The molecular formula is C21H25F5N4O2S2. The summed E-state index contributed by atoms with van der Waals surface area (Å²) in [7, 11) is -4.26. The van der Waals surface area contributed by atoms with Crippen LogP contribution in [0.3, 0.4) is 0 Å². The van der Waals surface area contributed by atoms with Gasteiger partial charge in [-0.05, 0) is 38.1 Å². The zero-order valence-electron chi connectivity index (χ0n) is 17.9. The van der Waals surface area contributed by atoms with Crippen LogP contribution >= 0.6 is 11.5 Å². The fourth-order valence-electron chi connectivity index (χ4n) is 3.03. The standard InChI is InChI=1S/C14H16F2N4O2S2.C6H6.CHF3.H2/c15-11-7-13(24(21,22)19-14-17-9-18-23-14)12(16)6-10(11)8-20-4-2-1-3-5-20;1-2-4-6-5-3-1;2-1(3)4;/h6-7,9H,1-5,8H2,(H,17,18,19);1-6H;1H;1H. The van der Waals surface area contributed by atoms with Gasteiger partial charge in [-0.25, -0.2) is 22.2 Å². The summed E-state index contributed by atoms with van der Waals surface area (Å²) in [4.78, 5) is 4.97. The smallest absolute Gasteiger partial charge is 0.299 e. The Morgan fingerprint density at radius 1 is 0.971 bits per heavy atom. The number of rotatable bonds is 5. The van der Waals surface area contributed by atoms with Crippen LogP contribution in [0.25, 0.3) is 0 Å². The second kappa shape index (κ2) is 13.9. The van der Waals surface area contributed by atoms with Crippen molar-refractivity contribution in [2.24, 2.45) is 0 Å². The topological polar surface area (TPSA) is 75.2 Å². The van der Waals surface area contributed by atoms with Gasteiger partial charge in [0.2, 0.25) is 5.13 Å². The van der Waals surface area contributed by atoms with Crippen molar-refractivity contribution >= 4 is 26.7 Å². The minimum atomic E-state index is -4.26. The van der Waals surface area contributed by atoms with Crippen LogP contribution in [-0.4, -0.2) is 42.4 Å². The van der Waals surface area contributed by atoms with Crippen molar-refractivity contribution in [2.75, 3.05) is 17.8 Å². The maximum absolute atomic E-state index is 14.3. The number of alkyl halides is 3. The second-order valence-electron chi connectivity index (χ2n) is 6.96. The minimum absolute atomic E-state index is 0. The lowest BCUT2D eigenvalue weighted by atomic mass is 10.1. The van der Waals surface area contributed by atoms with Gasteiger partial charge in [-0.3, -0.25) is 9.62 Å². The van der Waals surface area contributed by atoms with Gasteiger partial charge >= 0.3 is 6.68 Å². The van der Waals surface area contributed by atoms with Gasteiger partial charge in [-0.1, -0.05) is 42.8 Å². The fraction of sp³-hybridized carbons (Fsp3) is 0.333. The molecule has 2 aromatic carbocycles. The molecular weight excluding hydrogens is 499 g/mol. The number of benzene rings is 2. The molecule has 0 unspecified atom stereocenters. The van der Waals surface area contributed by atoms with Crippen LogP contribution in [-0.2, 0) is 16.6 Å². The SMILES string of the molecule is FC(F)F.O=S(=O)(Nc1ncns1)c1cc(F)c(CN2CCCCC2)cc1F.[HH].c1ccccc1. The van der Waals surface area contributed by atoms with Crippen LogP contribution in [0.1, 0.15) is 26.3 Å². The van der Waals surface area contributed by atoms with Crippen LogP contribution in [0.4, 0.5) is 27.1 Å². The third-order valence-electron chi connectivity index (χ3n) is 4.48. The summed E-state index contributed by atoms with van der Waals surface area (Å²) >= 11 is 0.807. The Labute approximate surface area is 200 Å². The zero-order valence-corrected chi connectivity index (χ0v) is 19.5. The fourth-order valence-corrected chi connectivity index (χ4v) is 4.76. The highest BCUT2D eigenvalue weighted by molar-refractivity contribution is 7.93.